The Morgan fingerprint density at radius 3 is 2.63 bits per heavy atom. The normalized spacial score (nSPS) is 19.0. The molecule has 1 aromatic carbocycles. The summed E-state index contributed by atoms with van der Waals surface area (Å²) in [4.78, 5) is 0.370. The van der Waals surface area contributed by atoms with E-state index in [-0.39, 0.29) is 0 Å². The molecule has 0 bridgehead atoms. The zero-order valence-electron chi connectivity index (χ0n) is 15.6. The standard InChI is InChI=1S/C19H26N4O3S/c1-14-8-9-16(12-17(14)27(24,25)23-10-3-2-4-11-23)20-13-18-21-22-19(26-18)15-6-5-7-15/h8-9,12,15,20H,2-7,10-11,13H2,1H3. The number of aryl methyl sites for hydroxylation is 1. The highest BCUT2D eigenvalue weighted by Crippen LogP contribution is 2.35. The van der Waals surface area contributed by atoms with Gasteiger partial charge in [-0.1, -0.05) is 18.9 Å². The fraction of sp³-hybridized carbons (Fsp3) is 0.579. The van der Waals surface area contributed by atoms with Crippen LogP contribution in [0.1, 0.15) is 61.8 Å². The van der Waals surface area contributed by atoms with E-state index in [2.05, 4.69) is 15.5 Å². The minimum Gasteiger partial charge on any atom is -0.423 e. The third-order valence-electron chi connectivity index (χ3n) is 5.50. The van der Waals surface area contributed by atoms with Crippen LogP contribution in [0.2, 0.25) is 0 Å². The maximum atomic E-state index is 13.0. The molecule has 2 fully saturated rings. The summed E-state index contributed by atoms with van der Waals surface area (Å²) in [5.74, 6) is 1.65. The molecule has 1 saturated heterocycles. The quantitative estimate of drug-likeness (QED) is 0.813. The van der Waals surface area contributed by atoms with Crippen molar-refractivity contribution in [2.75, 3.05) is 18.4 Å². The van der Waals surface area contributed by atoms with Gasteiger partial charge in [0.05, 0.1) is 11.4 Å². The SMILES string of the molecule is Cc1ccc(NCc2nnc(C3CCC3)o2)cc1S(=O)(=O)N1CCCCC1. The Kier molecular flexibility index (Phi) is 5.19. The molecule has 1 aliphatic heterocycles. The summed E-state index contributed by atoms with van der Waals surface area (Å²) in [5, 5.41) is 11.4. The van der Waals surface area contributed by atoms with Crippen LogP contribution in [0.3, 0.4) is 0 Å². The van der Waals surface area contributed by atoms with E-state index in [1.165, 1.54) is 6.42 Å². The number of rotatable bonds is 6. The molecule has 1 N–H and O–H groups in total. The Morgan fingerprint density at radius 2 is 1.93 bits per heavy atom. The van der Waals surface area contributed by atoms with Gasteiger partial charge in [0.1, 0.15) is 0 Å². The molecule has 1 saturated carbocycles. The van der Waals surface area contributed by atoms with Crippen molar-refractivity contribution in [3.63, 3.8) is 0 Å². The number of aromatic nitrogens is 2. The molecular weight excluding hydrogens is 364 g/mol. The molecule has 0 atom stereocenters. The van der Waals surface area contributed by atoms with Crippen LogP contribution in [0.4, 0.5) is 5.69 Å². The summed E-state index contributed by atoms with van der Waals surface area (Å²) >= 11 is 0. The van der Waals surface area contributed by atoms with E-state index in [0.717, 1.165) is 49.2 Å². The number of anilines is 1. The molecule has 0 amide bonds. The first-order valence-electron chi connectivity index (χ1n) is 9.71. The molecule has 2 aliphatic rings. The largest absolute Gasteiger partial charge is 0.423 e. The van der Waals surface area contributed by atoms with Crippen molar-refractivity contribution in [2.24, 2.45) is 0 Å². The van der Waals surface area contributed by atoms with Crippen LogP contribution in [-0.4, -0.2) is 36.0 Å². The van der Waals surface area contributed by atoms with Gasteiger partial charge in [0.25, 0.3) is 0 Å². The second-order valence-electron chi connectivity index (χ2n) is 7.46. The maximum Gasteiger partial charge on any atom is 0.243 e. The minimum absolute atomic E-state index is 0.370. The van der Waals surface area contributed by atoms with E-state index < -0.39 is 10.0 Å². The molecule has 0 spiro atoms. The topological polar surface area (TPSA) is 88.3 Å². The van der Waals surface area contributed by atoms with Crippen LogP contribution in [0.5, 0.6) is 0 Å². The Labute approximate surface area is 160 Å². The number of piperidine rings is 1. The number of sulfonamides is 1. The highest BCUT2D eigenvalue weighted by molar-refractivity contribution is 7.89. The molecule has 146 valence electrons. The van der Waals surface area contributed by atoms with Crippen molar-refractivity contribution in [1.82, 2.24) is 14.5 Å². The van der Waals surface area contributed by atoms with Crippen LogP contribution in [0, 0.1) is 6.92 Å². The smallest absolute Gasteiger partial charge is 0.243 e. The zero-order chi connectivity index (χ0) is 18.9. The van der Waals surface area contributed by atoms with Gasteiger partial charge >= 0.3 is 0 Å². The molecule has 27 heavy (non-hydrogen) atoms. The summed E-state index contributed by atoms with van der Waals surface area (Å²) < 4.78 is 33.3. The van der Waals surface area contributed by atoms with Gasteiger partial charge in [0, 0.05) is 24.7 Å². The Bertz CT molecular complexity index is 899. The van der Waals surface area contributed by atoms with Gasteiger partial charge in [-0.2, -0.15) is 4.31 Å². The number of nitrogens with one attached hydrogen (secondary N) is 1. The summed E-state index contributed by atoms with van der Waals surface area (Å²) in [7, 11) is -3.46. The number of nitrogens with zero attached hydrogens (tertiary/aromatic N) is 3. The lowest BCUT2D eigenvalue weighted by Gasteiger charge is -2.26. The predicted octanol–water partition coefficient (Wildman–Crippen LogP) is 3.43. The van der Waals surface area contributed by atoms with Crippen LogP contribution < -0.4 is 5.32 Å². The highest BCUT2D eigenvalue weighted by Gasteiger charge is 2.28. The molecule has 2 aromatic rings. The molecule has 2 heterocycles. The second kappa shape index (κ2) is 7.59. The van der Waals surface area contributed by atoms with Gasteiger partial charge in [0.15, 0.2) is 0 Å². The zero-order valence-corrected chi connectivity index (χ0v) is 16.5. The molecule has 1 aromatic heterocycles. The fourth-order valence-corrected chi connectivity index (χ4v) is 5.34. The first kappa shape index (κ1) is 18.4. The monoisotopic (exact) mass is 390 g/mol. The maximum absolute atomic E-state index is 13.0. The summed E-state index contributed by atoms with van der Waals surface area (Å²) in [5.41, 5.74) is 1.50. The number of hydrogen-bond acceptors (Lipinski definition) is 6. The van der Waals surface area contributed by atoms with Crippen molar-refractivity contribution in [3.05, 3.63) is 35.5 Å². The van der Waals surface area contributed by atoms with E-state index in [9.17, 15) is 8.42 Å². The molecule has 8 heteroatoms. The summed E-state index contributed by atoms with van der Waals surface area (Å²) in [6.45, 7) is 3.42. The van der Waals surface area contributed by atoms with Crippen molar-refractivity contribution < 1.29 is 12.8 Å². The average Bonchev–Trinajstić information content (AvgIpc) is 3.08. The van der Waals surface area contributed by atoms with Crippen molar-refractivity contribution in [1.29, 1.82) is 0 Å². The third-order valence-corrected chi connectivity index (χ3v) is 7.54. The Balaban J connectivity index is 1.47. The van der Waals surface area contributed by atoms with Crippen molar-refractivity contribution in [3.8, 4) is 0 Å². The van der Waals surface area contributed by atoms with Crippen LogP contribution >= 0.6 is 0 Å². The van der Waals surface area contributed by atoms with E-state index in [1.807, 2.05) is 19.1 Å². The molecule has 7 nitrogen and oxygen atoms in total. The molecule has 1 aliphatic carbocycles. The Morgan fingerprint density at radius 1 is 1.15 bits per heavy atom. The van der Waals surface area contributed by atoms with Crippen molar-refractivity contribution >= 4 is 15.7 Å². The van der Waals surface area contributed by atoms with Gasteiger partial charge in [-0.05, 0) is 50.3 Å². The van der Waals surface area contributed by atoms with E-state index in [4.69, 9.17) is 4.42 Å². The third kappa shape index (κ3) is 3.87. The molecule has 0 radical (unpaired) electrons. The lowest BCUT2D eigenvalue weighted by molar-refractivity contribution is 0.326. The minimum atomic E-state index is -3.46. The Hall–Kier alpha value is -1.93. The second-order valence-corrected chi connectivity index (χ2v) is 9.37. The summed E-state index contributed by atoms with van der Waals surface area (Å²) in [6, 6.07) is 5.43. The lowest BCUT2D eigenvalue weighted by atomic mass is 9.85. The van der Waals surface area contributed by atoms with E-state index in [1.54, 1.807) is 10.4 Å². The lowest BCUT2D eigenvalue weighted by Crippen LogP contribution is -2.36. The molecule has 0 unspecified atom stereocenters. The molecule has 4 rings (SSSR count). The van der Waals surface area contributed by atoms with E-state index in [0.29, 0.717) is 36.3 Å². The van der Waals surface area contributed by atoms with Gasteiger partial charge in [-0.3, -0.25) is 0 Å². The van der Waals surface area contributed by atoms with Gasteiger partial charge < -0.3 is 9.73 Å². The number of hydrogen-bond donors (Lipinski definition) is 1. The molecular formula is C19H26N4O3S. The summed E-state index contributed by atoms with van der Waals surface area (Å²) in [6.07, 6.45) is 6.40. The fourth-order valence-electron chi connectivity index (χ4n) is 3.57. The average molecular weight is 391 g/mol. The first-order chi connectivity index (χ1) is 13.0. The van der Waals surface area contributed by atoms with Gasteiger partial charge in [-0.25, -0.2) is 8.42 Å². The van der Waals surface area contributed by atoms with Gasteiger partial charge in [-0.15, -0.1) is 10.2 Å². The predicted molar refractivity (Wildman–Crippen MR) is 102 cm³/mol. The van der Waals surface area contributed by atoms with Crippen LogP contribution in [0.25, 0.3) is 0 Å². The van der Waals surface area contributed by atoms with Crippen LogP contribution in [0.15, 0.2) is 27.5 Å². The van der Waals surface area contributed by atoms with Crippen LogP contribution in [-0.2, 0) is 16.6 Å². The van der Waals surface area contributed by atoms with Gasteiger partial charge in [0.2, 0.25) is 21.8 Å². The first-order valence-corrected chi connectivity index (χ1v) is 11.1. The van der Waals surface area contributed by atoms with E-state index >= 15 is 0 Å². The van der Waals surface area contributed by atoms with Crippen molar-refractivity contribution in [2.45, 2.75) is 62.8 Å². The number of benzene rings is 1. The highest BCUT2D eigenvalue weighted by atomic mass is 32.2.